The Hall–Kier alpha value is -3.25. The summed E-state index contributed by atoms with van der Waals surface area (Å²) < 4.78 is 1.99. The number of rotatable bonds is 6. The van der Waals surface area contributed by atoms with Crippen molar-refractivity contribution in [3.05, 3.63) is 90.3 Å². The van der Waals surface area contributed by atoms with Gasteiger partial charge >= 0.3 is 0 Å². The van der Waals surface area contributed by atoms with Gasteiger partial charge in [0, 0.05) is 29.2 Å². The molecule has 0 atom stereocenters. The van der Waals surface area contributed by atoms with E-state index in [1.54, 1.807) is 12.4 Å². The maximum absolute atomic E-state index is 12.5. The maximum atomic E-state index is 12.5. The third-order valence-corrected chi connectivity index (χ3v) is 5.19. The monoisotopic (exact) mass is 386 g/mol. The van der Waals surface area contributed by atoms with E-state index in [1.165, 1.54) is 11.8 Å². The molecule has 0 unspecified atom stereocenters. The van der Waals surface area contributed by atoms with Gasteiger partial charge in [0.2, 0.25) is 0 Å². The van der Waals surface area contributed by atoms with Crippen molar-refractivity contribution in [1.29, 1.82) is 0 Å². The van der Waals surface area contributed by atoms with Gasteiger partial charge in [-0.1, -0.05) is 54.2 Å². The summed E-state index contributed by atoms with van der Waals surface area (Å²) in [7, 11) is 0. The quantitative estimate of drug-likeness (QED) is 0.358. The lowest BCUT2D eigenvalue weighted by Gasteiger charge is -2.11. The maximum Gasteiger partial charge on any atom is 0.196 e. The van der Waals surface area contributed by atoms with Crippen LogP contribution in [0.4, 0.5) is 0 Å². The Bertz CT molecular complexity index is 1090. The number of benzene rings is 2. The van der Waals surface area contributed by atoms with Crippen LogP contribution in [0.3, 0.4) is 0 Å². The van der Waals surface area contributed by atoms with Crippen LogP contribution in [0.5, 0.6) is 0 Å². The molecule has 2 aromatic carbocycles. The van der Waals surface area contributed by atoms with Crippen LogP contribution in [0.2, 0.25) is 0 Å². The highest BCUT2D eigenvalue weighted by molar-refractivity contribution is 7.99. The summed E-state index contributed by atoms with van der Waals surface area (Å²) >= 11 is 1.39. The van der Waals surface area contributed by atoms with Crippen LogP contribution in [0, 0.1) is 6.92 Å². The number of carbonyl (C=O) groups excluding carboxylic acids is 1. The standard InChI is InChI=1S/C22H18N4OS/c1-16-6-5-9-19(14-16)26-21(18-10-12-23-13-11-18)24-25-22(26)28-15-20(27)17-7-3-2-4-8-17/h2-14H,15H2,1H3. The van der Waals surface area contributed by atoms with E-state index < -0.39 is 0 Å². The molecule has 0 saturated heterocycles. The van der Waals surface area contributed by atoms with Gasteiger partial charge in [-0.3, -0.25) is 14.3 Å². The summed E-state index contributed by atoms with van der Waals surface area (Å²) in [6.07, 6.45) is 3.46. The van der Waals surface area contributed by atoms with E-state index in [1.807, 2.05) is 72.2 Å². The van der Waals surface area contributed by atoms with E-state index in [-0.39, 0.29) is 5.78 Å². The number of carbonyl (C=O) groups is 1. The van der Waals surface area contributed by atoms with Gasteiger partial charge < -0.3 is 0 Å². The Kier molecular flexibility index (Phi) is 5.30. The zero-order chi connectivity index (χ0) is 19.3. The van der Waals surface area contributed by atoms with Crippen LogP contribution in [0.25, 0.3) is 17.1 Å². The van der Waals surface area contributed by atoms with Gasteiger partial charge in [-0.05, 0) is 36.8 Å². The first-order valence-electron chi connectivity index (χ1n) is 8.86. The summed E-state index contributed by atoms with van der Waals surface area (Å²) in [6, 6.07) is 21.3. The van der Waals surface area contributed by atoms with Crippen molar-refractivity contribution in [2.45, 2.75) is 12.1 Å². The first-order chi connectivity index (χ1) is 13.7. The fourth-order valence-electron chi connectivity index (χ4n) is 2.89. The van der Waals surface area contributed by atoms with Crippen LogP contribution < -0.4 is 0 Å². The molecule has 2 heterocycles. The summed E-state index contributed by atoms with van der Waals surface area (Å²) in [5, 5.41) is 9.45. The minimum atomic E-state index is 0.0647. The molecule has 0 amide bonds. The second-order valence-electron chi connectivity index (χ2n) is 6.29. The largest absolute Gasteiger partial charge is 0.293 e. The van der Waals surface area contributed by atoms with Crippen molar-refractivity contribution in [1.82, 2.24) is 19.7 Å². The third kappa shape index (κ3) is 3.87. The number of aryl methyl sites for hydroxylation is 1. The van der Waals surface area contributed by atoms with Gasteiger partial charge in [0.1, 0.15) is 0 Å². The second kappa shape index (κ2) is 8.19. The Morgan fingerprint density at radius 3 is 2.50 bits per heavy atom. The topological polar surface area (TPSA) is 60.7 Å². The molecule has 138 valence electrons. The van der Waals surface area contributed by atoms with Crippen LogP contribution in [0.1, 0.15) is 15.9 Å². The second-order valence-corrected chi connectivity index (χ2v) is 7.24. The zero-order valence-corrected chi connectivity index (χ0v) is 16.1. The first kappa shape index (κ1) is 18.1. The molecule has 0 aliphatic heterocycles. The zero-order valence-electron chi connectivity index (χ0n) is 15.3. The van der Waals surface area contributed by atoms with E-state index in [2.05, 4.69) is 21.2 Å². The number of Topliss-reactive ketones (excluding diaryl/α,β-unsaturated/α-hetero) is 1. The smallest absolute Gasteiger partial charge is 0.196 e. The molecule has 0 saturated carbocycles. The molecule has 0 spiro atoms. The molecular formula is C22H18N4OS. The molecule has 4 aromatic rings. The lowest BCUT2D eigenvalue weighted by Crippen LogP contribution is -2.05. The molecule has 0 N–H and O–H groups in total. The van der Waals surface area contributed by atoms with Crippen LogP contribution in [0.15, 0.2) is 84.3 Å². The van der Waals surface area contributed by atoms with Gasteiger partial charge in [0.05, 0.1) is 5.75 Å². The summed E-state index contributed by atoms with van der Waals surface area (Å²) in [5.74, 6) is 1.09. The van der Waals surface area contributed by atoms with E-state index in [0.29, 0.717) is 16.5 Å². The molecule has 6 heteroatoms. The molecule has 5 nitrogen and oxygen atoms in total. The SMILES string of the molecule is Cc1cccc(-n2c(SCC(=O)c3ccccc3)nnc2-c2ccncc2)c1. The van der Waals surface area contributed by atoms with Crippen molar-refractivity contribution in [2.24, 2.45) is 0 Å². The lowest BCUT2D eigenvalue weighted by molar-refractivity contribution is 0.102. The summed E-state index contributed by atoms with van der Waals surface area (Å²) in [5.41, 5.74) is 3.73. The van der Waals surface area contributed by atoms with E-state index in [0.717, 1.165) is 22.6 Å². The fraction of sp³-hybridized carbons (Fsp3) is 0.0909. The van der Waals surface area contributed by atoms with E-state index >= 15 is 0 Å². The van der Waals surface area contributed by atoms with Gasteiger partial charge in [0.25, 0.3) is 0 Å². The number of pyridine rings is 1. The van der Waals surface area contributed by atoms with Crippen molar-refractivity contribution >= 4 is 17.5 Å². The molecule has 0 radical (unpaired) electrons. The number of ketones is 1. The number of thioether (sulfide) groups is 1. The molecule has 0 fully saturated rings. The summed E-state index contributed by atoms with van der Waals surface area (Å²) in [6.45, 7) is 2.05. The highest BCUT2D eigenvalue weighted by Crippen LogP contribution is 2.28. The molecule has 0 aliphatic carbocycles. The normalized spacial score (nSPS) is 10.8. The Morgan fingerprint density at radius 1 is 0.964 bits per heavy atom. The first-order valence-corrected chi connectivity index (χ1v) is 9.85. The fourth-order valence-corrected chi connectivity index (χ4v) is 3.74. The highest BCUT2D eigenvalue weighted by Gasteiger charge is 2.17. The van der Waals surface area contributed by atoms with Gasteiger partial charge in [0.15, 0.2) is 16.8 Å². The molecule has 4 rings (SSSR count). The van der Waals surface area contributed by atoms with Crippen molar-refractivity contribution < 1.29 is 4.79 Å². The van der Waals surface area contributed by atoms with Crippen molar-refractivity contribution in [2.75, 3.05) is 5.75 Å². The number of hydrogen-bond acceptors (Lipinski definition) is 5. The van der Waals surface area contributed by atoms with Gasteiger partial charge in [-0.25, -0.2) is 0 Å². The van der Waals surface area contributed by atoms with Gasteiger partial charge in [-0.2, -0.15) is 0 Å². The average molecular weight is 386 g/mol. The van der Waals surface area contributed by atoms with Crippen LogP contribution >= 0.6 is 11.8 Å². The van der Waals surface area contributed by atoms with Crippen LogP contribution in [-0.2, 0) is 0 Å². The number of aromatic nitrogens is 4. The molecule has 0 bridgehead atoms. The van der Waals surface area contributed by atoms with E-state index in [9.17, 15) is 4.79 Å². The third-order valence-electron chi connectivity index (χ3n) is 4.26. The predicted octanol–water partition coefficient (Wildman–Crippen LogP) is 4.61. The Balaban J connectivity index is 1.69. The highest BCUT2D eigenvalue weighted by atomic mass is 32.2. The number of nitrogens with zero attached hydrogens (tertiary/aromatic N) is 4. The Morgan fingerprint density at radius 2 is 1.75 bits per heavy atom. The molecule has 0 aliphatic rings. The van der Waals surface area contributed by atoms with Gasteiger partial charge in [-0.15, -0.1) is 10.2 Å². The summed E-state index contributed by atoms with van der Waals surface area (Å²) in [4.78, 5) is 16.6. The number of hydrogen-bond donors (Lipinski definition) is 0. The predicted molar refractivity (Wildman–Crippen MR) is 111 cm³/mol. The van der Waals surface area contributed by atoms with E-state index in [4.69, 9.17) is 0 Å². The minimum Gasteiger partial charge on any atom is -0.293 e. The Labute approximate surface area is 167 Å². The molecule has 28 heavy (non-hydrogen) atoms. The van der Waals surface area contributed by atoms with Crippen LogP contribution in [-0.4, -0.2) is 31.3 Å². The lowest BCUT2D eigenvalue weighted by atomic mass is 10.2. The van der Waals surface area contributed by atoms with Crippen molar-refractivity contribution in [3.8, 4) is 17.1 Å². The minimum absolute atomic E-state index is 0.0647. The average Bonchev–Trinajstić information content (AvgIpc) is 3.17. The molecular weight excluding hydrogens is 368 g/mol. The molecule has 2 aromatic heterocycles. The van der Waals surface area contributed by atoms with Crippen molar-refractivity contribution in [3.63, 3.8) is 0 Å².